The molecule has 0 fully saturated rings. The van der Waals surface area contributed by atoms with Crippen LogP contribution >= 0.6 is 11.3 Å². The predicted molar refractivity (Wildman–Crippen MR) is 73.7 cm³/mol. The van der Waals surface area contributed by atoms with E-state index in [1.807, 2.05) is 12.3 Å². The highest BCUT2D eigenvalue weighted by Crippen LogP contribution is 2.16. The molecule has 6 heteroatoms. The Balaban J connectivity index is 2.13. The van der Waals surface area contributed by atoms with Gasteiger partial charge in [0, 0.05) is 13.1 Å². The standard InChI is InChI=1S/C13H21F3N2S/c1-2-7-18(11-13(14,15)16)8-6-17-5-3-12-4-9-19-10-12/h4,9-10,17H,2-3,5-8,11H2,1H3. The van der Waals surface area contributed by atoms with Gasteiger partial charge in [-0.1, -0.05) is 6.92 Å². The molecule has 0 radical (unpaired) electrons. The summed E-state index contributed by atoms with van der Waals surface area (Å²) in [6, 6.07) is 2.07. The summed E-state index contributed by atoms with van der Waals surface area (Å²) in [7, 11) is 0. The van der Waals surface area contributed by atoms with E-state index in [1.54, 1.807) is 11.3 Å². The van der Waals surface area contributed by atoms with Gasteiger partial charge in [-0.15, -0.1) is 0 Å². The van der Waals surface area contributed by atoms with Crippen molar-refractivity contribution in [2.45, 2.75) is 25.9 Å². The molecule has 0 aromatic carbocycles. The van der Waals surface area contributed by atoms with Gasteiger partial charge in [-0.3, -0.25) is 4.90 Å². The molecule has 1 heterocycles. The molecule has 0 aliphatic rings. The van der Waals surface area contributed by atoms with Crippen LogP contribution in [0.5, 0.6) is 0 Å². The van der Waals surface area contributed by atoms with Crippen LogP contribution in [0.25, 0.3) is 0 Å². The van der Waals surface area contributed by atoms with Gasteiger partial charge >= 0.3 is 6.18 Å². The van der Waals surface area contributed by atoms with E-state index in [4.69, 9.17) is 0 Å². The van der Waals surface area contributed by atoms with Gasteiger partial charge in [0.1, 0.15) is 0 Å². The van der Waals surface area contributed by atoms with E-state index < -0.39 is 12.7 Å². The molecule has 0 saturated heterocycles. The molecule has 0 spiro atoms. The fourth-order valence-corrected chi connectivity index (χ4v) is 2.57. The third-order valence-corrected chi connectivity index (χ3v) is 3.45. The summed E-state index contributed by atoms with van der Waals surface area (Å²) >= 11 is 1.66. The molecular formula is C13H21F3N2S. The molecule has 0 saturated carbocycles. The van der Waals surface area contributed by atoms with Crippen molar-refractivity contribution in [3.05, 3.63) is 22.4 Å². The van der Waals surface area contributed by atoms with Gasteiger partial charge in [0.25, 0.3) is 0 Å². The summed E-state index contributed by atoms with van der Waals surface area (Å²) in [5.74, 6) is 0. The highest BCUT2D eigenvalue weighted by molar-refractivity contribution is 7.07. The first-order valence-corrected chi connectivity index (χ1v) is 7.46. The third-order valence-electron chi connectivity index (χ3n) is 2.72. The molecule has 1 aromatic rings. The Kier molecular flexibility index (Phi) is 7.41. The molecular weight excluding hydrogens is 273 g/mol. The summed E-state index contributed by atoms with van der Waals surface area (Å²) in [5, 5.41) is 7.32. The fourth-order valence-electron chi connectivity index (χ4n) is 1.87. The van der Waals surface area contributed by atoms with Crippen molar-refractivity contribution < 1.29 is 13.2 Å². The number of nitrogens with zero attached hydrogens (tertiary/aromatic N) is 1. The smallest absolute Gasteiger partial charge is 0.315 e. The largest absolute Gasteiger partial charge is 0.401 e. The molecule has 0 atom stereocenters. The molecule has 0 aliphatic heterocycles. The Morgan fingerprint density at radius 3 is 2.63 bits per heavy atom. The summed E-state index contributed by atoms with van der Waals surface area (Å²) in [4.78, 5) is 1.46. The van der Waals surface area contributed by atoms with Crippen LogP contribution in [-0.2, 0) is 6.42 Å². The van der Waals surface area contributed by atoms with Gasteiger partial charge in [0.2, 0.25) is 0 Å². The van der Waals surface area contributed by atoms with Crippen molar-refractivity contribution in [2.24, 2.45) is 0 Å². The summed E-state index contributed by atoms with van der Waals surface area (Å²) < 4.78 is 37.0. The number of nitrogens with one attached hydrogen (secondary N) is 1. The predicted octanol–water partition coefficient (Wildman–Crippen LogP) is 3.15. The molecule has 0 aliphatic carbocycles. The second-order valence-corrected chi connectivity index (χ2v) is 5.30. The normalized spacial score (nSPS) is 12.3. The summed E-state index contributed by atoms with van der Waals surface area (Å²) in [6.45, 7) is 3.42. The first-order chi connectivity index (χ1) is 9.01. The first kappa shape index (κ1) is 16.5. The van der Waals surface area contributed by atoms with Crippen molar-refractivity contribution in [3.8, 4) is 0 Å². The van der Waals surface area contributed by atoms with Crippen LogP contribution in [0.4, 0.5) is 13.2 Å². The van der Waals surface area contributed by atoms with Crippen molar-refractivity contribution in [1.29, 1.82) is 0 Å². The van der Waals surface area contributed by atoms with E-state index in [9.17, 15) is 13.2 Å². The van der Waals surface area contributed by atoms with Crippen LogP contribution in [0.1, 0.15) is 18.9 Å². The minimum Gasteiger partial charge on any atom is -0.315 e. The Morgan fingerprint density at radius 1 is 1.26 bits per heavy atom. The van der Waals surface area contributed by atoms with E-state index in [1.165, 1.54) is 10.5 Å². The van der Waals surface area contributed by atoms with Crippen LogP contribution in [0.2, 0.25) is 0 Å². The number of thiophene rings is 1. The number of alkyl halides is 3. The van der Waals surface area contributed by atoms with E-state index >= 15 is 0 Å². The van der Waals surface area contributed by atoms with E-state index in [0.29, 0.717) is 19.6 Å². The Hall–Kier alpha value is -0.590. The van der Waals surface area contributed by atoms with Crippen LogP contribution in [0.3, 0.4) is 0 Å². The van der Waals surface area contributed by atoms with Gasteiger partial charge in [-0.25, -0.2) is 0 Å². The average molecular weight is 294 g/mol. The lowest BCUT2D eigenvalue weighted by atomic mass is 10.2. The van der Waals surface area contributed by atoms with Crippen molar-refractivity contribution in [2.75, 3.05) is 32.7 Å². The molecule has 1 rings (SSSR count). The SMILES string of the molecule is CCCN(CCNCCc1ccsc1)CC(F)(F)F. The maximum absolute atomic E-state index is 12.3. The lowest BCUT2D eigenvalue weighted by Gasteiger charge is -2.23. The van der Waals surface area contributed by atoms with Crippen LogP contribution in [0.15, 0.2) is 16.8 Å². The molecule has 1 N–H and O–H groups in total. The second kappa shape index (κ2) is 8.55. The van der Waals surface area contributed by atoms with Crippen molar-refractivity contribution in [3.63, 3.8) is 0 Å². The minimum absolute atomic E-state index is 0.441. The Morgan fingerprint density at radius 2 is 2.05 bits per heavy atom. The van der Waals surface area contributed by atoms with Crippen LogP contribution in [-0.4, -0.2) is 43.8 Å². The van der Waals surface area contributed by atoms with Crippen LogP contribution in [0, 0.1) is 0 Å². The molecule has 2 nitrogen and oxygen atoms in total. The summed E-state index contributed by atoms with van der Waals surface area (Å²) in [6.07, 6.45) is -2.44. The molecule has 19 heavy (non-hydrogen) atoms. The quantitative estimate of drug-likeness (QED) is 0.704. The van der Waals surface area contributed by atoms with E-state index in [2.05, 4.69) is 16.8 Å². The number of rotatable bonds is 9. The third kappa shape index (κ3) is 8.23. The average Bonchev–Trinajstić information content (AvgIpc) is 2.79. The molecule has 1 aromatic heterocycles. The fraction of sp³-hybridized carbons (Fsp3) is 0.692. The minimum atomic E-state index is -4.11. The maximum Gasteiger partial charge on any atom is 0.401 e. The zero-order chi connectivity index (χ0) is 14.1. The van der Waals surface area contributed by atoms with Crippen molar-refractivity contribution in [1.82, 2.24) is 10.2 Å². The molecule has 0 amide bonds. The highest BCUT2D eigenvalue weighted by atomic mass is 32.1. The number of hydrogen-bond donors (Lipinski definition) is 1. The lowest BCUT2D eigenvalue weighted by Crippen LogP contribution is -2.39. The highest BCUT2D eigenvalue weighted by Gasteiger charge is 2.29. The second-order valence-electron chi connectivity index (χ2n) is 4.52. The van der Waals surface area contributed by atoms with Crippen molar-refractivity contribution >= 4 is 11.3 Å². The number of hydrogen-bond acceptors (Lipinski definition) is 3. The van der Waals surface area contributed by atoms with E-state index in [0.717, 1.165) is 19.4 Å². The Bertz CT molecular complexity index is 325. The maximum atomic E-state index is 12.3. The van der Waals surface area contributed by atoms with Gasteiger partial charge in [0.05, 0.1) is 6.54 Å². The molecule has 110 valence electrons. The lowest BCUT2D eigenvalue weighted by molar-refractivity contribution is -0.145. The van der Waals surface area contributed by atoms with Gasteiger partial charge in [0.15, 0.2) is 0 Å². The topological polar surface area (TPSA) is 15.3 Å². The molecule has 0 bridgehead atoms. The monoisotopic (exact) mass is 294 g/mol. The molecule has 0 unspecified atom stereocenters. The zero-order valence-corrected chi connectivity index (χ0v) is 12.0. The van der Waals surface area contributed by atoms with Gasteiger partial charge in [-0.05, 0) is 48.3 Å². The zero-order valence-electron chi connectivity index (χ0n) is 11.2. The first-order valence-electron chi connectivity index (χ1n) is 6.52. The summed E-state index contributed by atoms with van der Waals surface area (Å²) in [5.41, 5.74) is 1.28. The van der Waals surface area contributed by atoms with Gasteiger partial charge < -0.3 is 5.32 Å². The van der Waals surface area contributed by atoms with Gasteiger partial charge in [-0.2, -0.15) is 24.5 Å². The number of halogens is 3. The Labute approximate surface area is 116 Å². The van der Waals surface area contributed by atoms with Crippen LogP contribution < -0.4 is 5.32 Å². The van der Waals surface area contributed by atoms with E-state index in [-0.39, 0.29) is 0 Å².